The summed E-state index contributed by atoms with van der Waals surface area (Å²) in [6.45, 7) is 0. The second kappa shape index (κ2) is 1.11. The molecule has 0 amide bonds. The van der Waals surface area contributed by atoms with Crippen molar-refractivity contribution in [2.24, 2.45) is 0 Å². The molecule has 0 atom stereocenters. The van der Waals surface area contributed by atoms with Gasteiger partial charge in [-0.2, -0.15) is 0 Å². The molecule has 0 saturated heterocycles. The van der Waals surface area contributed by atoms with E-state index < -0.39 is 16.2 Å². The summed E-state index contributed by atoms with van der Waals surface area (Å²) in [5.41, 5.74) is 0. The third kappa shape index (κ3) is 599. The summed E-state index contributed by atoms with van der Waals surface area (Å²) in [5.74, 6) is 0. The van der Waals surface area contributed by atoms with Gasteiger partial charge in [0.2, 0.25) is 0 Å². The molecule has 0 unspecified atom stereocenters. The summed E-state index contributed by atoms with van der Waals surface area (Å²) in [6.07, 6.45) is 0. The molecule has 0 fully saturated rings. The van der Waals surface area contributed by atoms with Gasteiger partial charge >= 0.3 is 30.8 Å². The molecule has 0 heterocycles. The van der Waals surface area contributed by atoms with Crippen LogP contribution in [0.4, 0.5) is 0 Å². The fraction of sp³-hybridized carbons (Fsp3) is 0. The van der Waals surface area contributed by atoms with Crippen LogP contribution in [0.25, 0.3) is 0 Å². The Bertz CT molecular complexity index is 86.8. The van der Waals surface area contributed by atoms with Gasteiger partial charge in [-0.15, -0.1) is 0 Å². The first-order valence-electron chi connectivity index (χ1n) is 0.617. The van der Waals surface area contributed by atoms with Gasteiger partial charge < -0.3 is 0 Å². The number of hydrogen-bond acceptors (Lipinski definition) is 4. The van der Waals surface area contributed by atoms with E-state index in [-0.39, 0.29) is 0 Å². The molecule has 5 heavy (non-hydrogen) atoms. The molecule has 0 aliphatic rings. The van der Waals surface area contributed by atoms with Gasteiger partial charge in [0.05, 0.1) is 0 Å². The molecule has 0 aliphatic heterocycles. The van der Waals surface area contributed by atoms with E-state index in [1.807, 2.05) is 0 Å². The summed E-state index contributed by atoms with van der Waals surface area (Å²) in [7, 11) is 0. The maximum atomic E-state index is 8.64. The van der Waals surface area contributed by atoms with Crippen molar-refractivity contribution in [2.75, 3.05) is 0 Å². The minimum atomic E-state index is -6.11. The Hall–Kier alpha value is 0.182. The van der Waals surface area contributed by atoms with Crippen molar-refractivity contribution in [3.63, 3.8) is 0 Å². The van der Waals surface area contributed by atoms with E-state index in [2.05, 4.69) is 0 Å². The Morgan fingerprint density at radius 2 is 1.20 bits per heavy atom. The average Bonchev–Trinajstić information content (AvgIpc) is 0.722. The van der Waals surface area contributed by atoms with Crippen LogP contribution < -0.4 is 7.66 Å². The predicted octanol–water partition coefficient (Wildman–Crippen LogP) is -2.62. The van der Waals surface area contributed by atoms with Crippen LogP contribution in [-0.4, -0.2) is 0 Å². The zero-order chi connectivity index (χ0) is 4.50. The van der Waals surface area contributed by atoms with E-state index in [1.54, 1.807) is 0 Å². The van der Waals surface area contributed by atoms with Crippen molar-refractivity contribution in [3.8, 4) is 0 Å². The van der Waals surface area contributed by atoms with Crippen LogP contribution in [0.1, 0.15) is 0 Å². The van der Waals surface area contributed by atoms with Crippen molar-refractivity contribution >= 4 is 0 Å². The van der Waals surface area contributed by atoms with E-state index >= 15 is 0 Å². The second-order valence-corrected chi connectivity index (χ2v) is 3.09. The van der Waals surface area contributed by atoms with E-state index in [9.17, 15) is 0 Å². The van der Waals surface area contributed by atoms with Gasteiger partial charge in [0.15, 0.2) is 0 Å². The van der Waals surface area contributed by atoms with Crippen LogP contribution in [0.15, 0.2) is 0 Å². The summed E-state index contributed by atoms with van der Waals surface area (Å²) >= 11 is -6.11. The van der Waals surface area contributed by atoms with Gasteiger partial charge in [-0.25, -0.2) is 0 Å². The first-order chi connectivity index (χ1) is 2.00. The van der Waals surface area contributed by atoms with Gasteiger partial charge in [-0.05, 0) is 0 Å². The average molecular weight is 250 g/mol. The Morgan fingerprint density at radius 3 is 1.20 bits per heavy atom. The molecule has 0 aromatic heterocycles. The van der Waals surface area contributed by atoms with E-state index in [1.165, 1.54) is 0 Å². The molecule has 33 valence electrons. The first kappa shape index (κ1) is 5.18. The second-order valence-electron chi connectivity index (χ2n) is 0.378. The molecule has 0 aliphatic carbocycles. The Kier molecular flexibility index (Phi) is 1.15. The summed E-state index contributed by atoms with van der Waals surface area (Å²) in [6, 6.07) is 0. The normalized spacial score (nSPS) is 11.6. The third-order valence-electron chi connectivity index (χ3n) is 0. The molecule has 0 N–H and O–H groups in total. The third-order valence-corrected chi connectivity index (χ3v) is 0. The number of hydrogen-bond donors (Lipinski definition) is 0. The first-order valence-corrected chi connectivity index (χ1v) is 5.05. The number of rotatable bonds is 0. The molecular formula is O4Re-2. The molecule has 0 bridgehead atoms. The van der Waals surface area contributed by atoms with Crippen molar-refractivity contribution in [3.05, 3.63) is 0 Å². The van der Waals surface area contributed by atoms with Gasteiger partial charge in [-0.1, -0.05) is 0 Å². The Labute approximate surface area is 31.5 Å². The summed E-state index contributed by atoms with van der Waals surface area (Å²) in [5, 5.41) is 0. The van der Waals surface area contributed by atoms with E-state index in [4.69, 9.17) is 14.6 Å². The fourth-order valence-corrected chi connectivity index (χ4v) is 0. The monoisotopic (exact) mass is 251 g/mol. The molecule has 0 rings (SSSR count). The Morgan fingerprint density at radius 1 is 1.20 bits per heavy atom. The molecule has 0 aromatic carbocycles. The van der Waals surface area contributed by atoms with Crippen LogP contribution in [0.3, 0.4) is 0 Å². The van der Waals surface area contributed by atoms with Crippen LogP contribution >= 0.6 is 0 Å². The van der Waals surface area contributed by atoms with E-state index in [0.717, 1.165) is 0 Å². The Balaban J connectivity index is 4.06. The molecule has 0 radical (unpaired) electrons. The van der Waals surface area contributed by atoms with Crippen LogP contribution in [0.2, 0.25) is 0 Å². The summed E-state index contributed by atoms with van der Waals surface area (Å²) in [4.78, 5) is 0. The quantitative estimate of drug-likeness (QED) is 0.471. The standard InChI is InChI=1S/4O.Re/q;;2*-1;. The molecular weight excluding hydrogens is 250 g/mol. The topological polar surface area (TPSA) is 80.3 Å². The SMILES string of the molecule is [O]=[Re](=[O])([O-])[O-]. The molecule has 0 spiro atoms. The summed E-state index contributed by atoms with van der Waals surface area (Å²) < 4.78 is 34.6. The van der Waals surface area contributed by atoms with Gasteiger partial charge in [0, 0.05) is 0 Å². The fourth-order valence-electron chi connectivity index (χ4n) is 0. The van der Waals surface area contributed by atoms with Gasteiger partial charge in [-0.3, -0.25) is 0 Å². The predicted molar refractivity (Wildman–Crippen MR) is 1.37 cm³/mol. The van der Waals surface area contributed by atoms with E-state index in [0.29, 0.717) is 0 Å². The van der Waals surface area contributed by atoms with Crippen LogP contribution in [0.5, 0.6) is 0 Å². The maximum absolute atomic E-state index is 8.64. The molecule has 0 saturated carbocycles. The van der Waals surface area contributed by atoms with Crippen LogP contribution in [0, 0.1) is 0 Å². The van der Waals surface area contributed by atoms with Crippen molar-refractivity contribution in [1.29, 1.82) is 0 Å². The molecule has 4 nitrogen and oxygen atoms in total. The molecule has 5 heteroatoms. The van der Waals surface area contributed by atoms with Crippen LogP contribution in [-0.2, 0) is 23.1 Å². The van der Waals surface area contributed by atoms with Crippen molar-refractivity contribution < 1.29 is 30.8 Å². The van der Waals surface area contributed by atoms with Crippen molar-refractivity contribution in [1.82, 2.24) is 0 Å². The molecule has 0 aromatic rings. The minimum absolute atomic E-state index is 6.11. The zero-order valence-electron chi connectivity index (χ0n) is 2.01. The van der Waals surface area contributed by atoms with Crippen molar-refractivity contribution in [2.45, 2.75) is 0 Å². The zero-order valence-corrected chi connectivity index (χ0v) is 4.73. The van der Waals surface area contributed by atoms with Gasteiger partial charge in [0.25, 0.3) is 0 Å². The van der Waals surface area contributed by atoms with Gasteiger partial charge in [0.1, 0.15) is 0 Å².